The van der Waals surface area contributed by atoms with Crippen molar-refractivity contribution in [1.29, 1.82) is 0 Å². The number of ether oxygens (including phenoxy) is 1. The van der Waals surface area contributed by atoms with Crippen molar-refractivity contribution < 1.29 is 9.53 Å². The zero-order valence-electron chi connectivity index (χ0n) is 14.1. The van der Waals surface area contributed by atoms with Crippen LogP contribution in [0.2, 0.25) is 5.02 Å². The van der Waals surface area contributed by atoms with Crippen LogP contribution in [0.3, 0.4) is 0 Å². The molecule has 0 aliphatic carbocycles. The molecule has 1 aliphatic heterocycles. The van der Waals surface area contributed by atoms with Crippen molar-refractivity contribution in [1.82, 2.24) is 10.2 Å². The topological polar surface area (TPSA) is 41.6 Å². The van der Waals surface area contributed by atoms with Gasteiger partial charge in [-0.3, -0.25) is 4.79 Å². The van der Waals surface area contributed by atoms with E-state index in [1.807, 2.05) is 19.1 Å². The molecule has 1 aromatic rings. The summed E-state index contributed by atoms with van der Waals surface area (Å²) in [7, 11) is 0. The van der Waals surface area contributed by atoms with Crippen molar-refractivity contribution in [2.24, 2.45) is 5.92 Å². The van der Waals surface area contributed by atoms with Crippen molar-refractivity contribution in [2.45, 2.75) is 26.2 Å². The second kappa shape index (κ2) is 9.97. The number of rotatable bonds is 7. The summed E-state index contributed by atoms with van der Waals surface area (Å²) >= 11 is 11.3. The number of likely N-dealkylation sites (tertiary alicyclic amines) is 1. The number of Topliss-reactive ketones (excluding diaryl/α,β-unsaturated/α-hetero) is 1. The van der Waals surface area contributed by atoms with Gasteiger partial charge in [0.25, 0.3) is 0 Å². The SMILES string of the molecule is CCOCCCNC(=S)N1CCC(C(=O)c2ccc(Cl)cc2)CC1. The first-order valence-corrected chi connectivity index (χ1v) is 9.30. The molecule has 1 aliphatic rings. The Morgan fingerprint density at radius 2 is 2.00 bits per heavy atom. The lowest BCUT2D eigenvalue weighted by atomic mass is 9.89. The van der Waals surface area contributed by atoms with E-state index < -0.39 is 0 Å². The predicted octanol–water partition coefficient (Wildman–Crippen LogP) is 3.54. The number of ketones is 1. The maximum atomic E-state index is 12.5. The van der Waals surface area contributed by atoms with Gasteiger partial charge in [-0.1, -0.05) is 11.6 Å². The van der Waals surface area contributed by atoms with Gasteiger partial charge in [-0.15, -0.1) is 0 Å². The Hall–Kier alpha value is -1.17. The lowest BCUT2D eigenvalue weighted by Crippen LogP contribution is -2.45. The number of thiocarbonyl (C=S) groups is 1. The van der Waals surface area contributed by atoms with Crippen LogP contribution in [0.5, 0.6) is 0 Å². The maximum Gasteiger partial charge on any atom is 0.168 e. The van der Waals surface area contributed by atoms with Gasteiger partial charge in [0.1, 0.15) is 0 Å². The molecule has 0 saturated carbocycles. The minimum absolute atomic E-state index is 0.0724. The number of nitrogens with one attached hydrogen (secondary N) is 1. The molecule has 0 unspecified atom stereocenters. The van der Waals surface area contributed by atoms with E-state index in [-0.39, 0.29) is 11.7 Å². The van der Waals surface area contributed by atoms with Crippen molar-refractivity contribution in [2.75, 3.05) is 32.8 Å². The summed E-state index contributed by atoms with van der Waals surface area (Å²) in [5.41, 5.74) is 0.745. The average Bonchev–Trinajstić information content (AvgIpc) is 2.61. The van der Waals surface area contributed by atoms with Crippen molar-refractivity contribution >= 4 is 34.7 Å². The number of carbonyl (C=O) groups is 1. The molecule has 24 heavy (non-hydrogen) atoms. The lowest BCUT2D eigenvalue weighted by molar-refractivity contribution is 0.0871. The van der Waals surface area contributed by atoms with Crippen LogP contribution >= 0.6 is 23.8 Å². The Morgan fingerprint density at radius 3 is 2.62 bits per heavy atom. The fraction of sp³-hybridized carbons (Fsp3) is 0.556. The van der Waals surface area contributed by atoms with Gasteiger partial charge in [0, 0.05) is 49.4 Å². The van der Waals surface area contributed by atoms with Crippen molar-refractivity contribution in [3.63, 3.8) is 0 Å². The average molecular weight is 369 g/mol. The third-order valence-electron chi connectivity index (χ3n) is 4.23. The second-order valence-electron chi connectivity index (χ2n) is 5.91. The molecular formula is C18H25ClN2O2S. The van der Waals surface area contributed by atoms with Crippen LogP contribution in [0, 0.1) is 5.92 Å². The van der Waals surface area contributed by atoms with E-state index in [0.29, 0.717) is 5.02 Å². The maximum absolute atomic E-state index is 12.5. The predicted molar refractivity (Wildman–Crippen MR) is 102 cm³/mol. The highest BCUT2D eigenvalue weighted by molar-refractivity contribution is 7.80. The summed E-state index contributed by atoms with van der Waals surface area (Å²) in [4.78, 5) is 14.7. The zero-order valence-corrected chi connectivity index (χ0v) is 15.7. The smallest absolute Gasteiger partial charge is 0.168 e. The molecule has 6 heteroatoms. The lowest BCUT2D eigenvalue weighted by Gasteiger charge is -2.33. The Morgan fingerprint density at radius 1 is 1.33 bits per heavy atom. The highest BCUT2D eigenvalue weighted by atomic mass is 35.5. The van der Waals surface area contributed by atoms with E-state index in [4.69, 9.17) is 28.6 Å². The van der Waals surface area contributed by atoms with Gasteiger partial charge in [-0.05, 0) is 62.7 Å². The number of halogens is 1. The quantitative estimate of drug-likeness (QED) is 0.453. The third kappa shape index (κ3) is 5.72. The van der Waals surface area contributed by atoms with E-state index in [1.165, 1.54) is 0 Å². The molecule has 1 heterocycles. The van der Waals surface area contributed by atoms with Gasteiger partial charge < -0.3 is 15.0 Å². The van der Waals surface area contributed by atoms with Crippen molar-refractivity contribution in [3.8, 4) is 0 Å². The largest absolute Gasteiger partial charge is 0.382 e. The number of hydrogen-bond acceptors (Lipinski definition) is 3. The first-order valence-electron chi connectivity index (χ1n) is 8.52. The third-order valence-corrected chi connectivity index (χ3v) is 4.88. The molecule has 0 atom stereocenters. The Bertz CT molecular complexity index is 542. The fourth-order valence-electron chi connectivity index (χ4n) is 2.82. The Balaban J connectivity index is 1.73. The molecule has 1 N–H and O–H groups in total. The molecule has 1 fully saturated rings. The molecule has 0 bridgehead atoms. The number of benzene rings is 1. The van der Waals surface area contributed by atoms with E-state index in [1.54, 1.807) is 12.1 Å². The first-order chi connectivity index (χ1) is 11.6. The van der Waals surface area contributed by atoms with Crippen LogP contribution in [-0.4, -0.2) is 48.6 Å². The molecule has 0 amide bonds. The normalized spacial score (nSPS) is 15.3. The summed E-state index contributed by atoms with van der Waals surface area (Å²) in [5, 5.41) is 4.71. The fourth-order valence-corrected chi connectivity index (χ4v) is 3.23. The Labute approximate surface area is 154 Å². The van der Waals surface area contributed by atoms with Gasteiger partial charge in [-0.25, -0.2) is 0 Å². The second-order valence-corrected chi connectivity index (χ2v) is 6.74. The van der Waals surface area contributed by atoms with Crippen LogP contribution in [-0.2, 0) is 4.74 Å². The summed E-state index contributed by atoms with van der Waals surface area (Å²) in [5.74, 6) is 0.282. The highest BCUT2D eigenvalue weighted by Gasteiger charge is 2.26. The minimum atomic E-state index is 0.0724. The van der Waals surface area contributed by atoms with Crippen LogP contribution in [0.15, 0.2) is 24.3 Å². The van der Waals surface area contributed by atoms with Gasteiger partial charge in [0.2, 0.25) is 0 Å². The van der Waals surface area contributed by atoms with Crippen LogP contribution in [0.4, 0.5) is 0 Å². The first kappa shape index (κ1) is 19.2. The summed E-state index contributed by atoms with van der Waals surface area (Å²) in [6.45, 7) is 5.96. The molecular weight excluding hydrogens is 344 g/mol. The molecule has 0 spiro atoms. The molecule has 4 nitrogen and oxygen atoms in total. The van der Waals surface area contributed by atoms with Gasteiger partial charge in [0.05, 0.1) is 0 Å². The molecule has 1 aromatic carbocycles. The van der Waals surface area contributed by atoms with E-state index in [2.05, 4.69) is 10.2 Å². The highest BCUT2D eigenvalue weighted by Crippen LogP contribution is 2.22. The molecule has 2 rings (SSSR count). The van der Waals surface area contributed by atoms with Gasteiger partial charge in [-0.2, -0.15) is 0 Å². The summed E-state index contributed by atoms with van der Waals surface area (Å²) in [6.07, 6.45) is 2.62. The monoisotopic (exact) mass is 368 g/mol. The number of hydrogen-bond donors (Lipinski definition) is 1. The van der Waals surface area contributed by atoms with Crippen LogP contribution in [0.1, 0.15) is 36.5 Å². The standard InChI is InChI=1S/C18H25ClN2O2S/c1-2-23-13-3-10-20-18(24)21-11-8-15(9-12-21)17(22)14-4-6-16(19)7-5-14/h4-7,15H,2-3,8-13H2,1H3,(H,20,24). The van der Waals surface area contributed by atoms with Gasteiger partial charge >= 0.3 is 0 Å². The zero-order chi connectivity index (χ0) is 17.4. The molecule has 132 valence electrons. The van der Waals surface area contributed by atoms with E-state index in [0.717, 1.165) is 62.8 Å². The Kier molecular flexibility index (Phi) is 7.95. The molecule has 0 aromatic heterocycles. The number of carbonyl (C=O) groups excluding carboxylic acids is 1. The number of piperidine rings is 1. The van der Waals surface area contributed by atoms with E-state index in [9.17, 15) is 4.79 Å². The van der Waals surface area contributed by atoms with E-state index >= 15 is 0 Å². The molecule has 0 radical (unpaired) electrons. The number of nitrogens with zero attached hydrogens (tertiary/aromatic N) is 1. The van der Waals surface area contributed by atoms with Gasteiger partial charge in [0.15, 0.2) is 10.9 Å². The summed E-state index contributed by atoms with van der Waals surface area (Å²) < 4.78 is 5.31. The van der Waals surface area contributed by atoms with Crippen LogP contribution < -0.4 is 5.32 Å². The minimum Gasteiger partial charge on any atom is -0.382 e. The van der Waals surface area contributed by atoms with Crippen LogP contribution in [0.25, 0.3) is 0 Å². The molecule has 1 saturated heterocycles. The van der Waals surface area contributed by atoms with Crippen molar-refractivity contribution in [3.05, 3.63) is 34.9 Å². The summed E-state index contributed by atoms with van der Waals surface area (Å²) in [6, 6.07) is 7.15.